The molecule has 2 heterocycles. The van der Waals surface area contributed by atoms with Crippen molar-refractivity contribution in [2.24, 2.45) is 0 Å². The van der Waals surface area contributed by atoms with Crippen LogP contribution >= 0.6 is 11.3 Å². The second-order valence-corrected chi connectivity index (χ2v) is 5.94. The van der Waals surface area contributed by atoms with Crippen LogP contribution in [0.15, 0.2) is 54.2 Å². The predicted molar refractivity (Wildman–Crippen MR) is 86.5 cm³/mol. The summed E-state index contributed by atoms with van der Waals surface area (Å²) in [5.74, 6) is 0.992. The third-order valence-electron chi connectivity index (χ3n) is 3.61. The van der Waals surface area contributed by atoms with Gasteiger partial charge in [-0.3, -0.25) is 0 Å². The van der Waals surface area contributed by atoms with Crippen LogP contribution in [0.3, 0.4) is 0 Å². The van der Waals surface area contributed by atoms with E-state index in [0.717, 1.165) is 12.4 Å². The Morgan fingerprint density at radius 1 is 1.24 bits per heavy atom. The molecule has 0 bridgehead atoms. The van der Waals surface area contributed by atoms with Crippen LogP contribution in [0.25, 0.3) is 11.4 Å². The van der Waals surface area contributed by atoms with E-state index in [1.165, 1.54) is 16.0 Å². The number of benzene rings is 1. The van der Waals surface area contributed by atoms with Gasteiger partial charge in [0, 0.05) is 29.9 Å². The number of aromatic nitrogens is 2. The van der Waals surface area contributed by atoms with Crippen molar-refractivity contribution < 1.29 is 4.74 Å². The fourth-order valence-corrected chi connectivity index (χ4v) is 3.25. The van der Waals surface area contributed by atoms with E-state index in [1.54, 1.807) is 18.4 Å². The predicted octanol–water partition coefficient (Wildman–Crippen LogP) is 4.31. The summed E-state index contributed by atoms with van der Waals surface area (Å²) in [7, 11) is 1.76. The molecule has 0 fully saturated rings. The molecule has 3 aromatic rings. The van der Waals surface area contributed by atoms with Crippen LogP contribution in [0.1, 0.15) is 16.5 Å². The normalized spacial score (nSPS) is 12.5. The van der Waals surface area contributed by atoms with E-state index in [-0.39, 0.29) is 6.10 Å². The van der Waals surface area contributed by atoms with E-state index >= 15 is 0 Å². The first kappa shape index (κ1) is 14.0. The van der Waals surface area contributed by atoms with Gasteiger partial charge in [-0.1, -0.05) is 30.3 Å². The SMILES string of the molecule is CO[C@@H](Cn1ccnc1-c1ccccc1C)c1cccs1. The highest BCUT2D eigenvalue weighted by atomic mass is 32.1. The number of ether oxygens (including phenoxy) is 1. The summed E-state index contributed by atoms with van der Waals surface area (Å²) in [6.45, 7) is 2.88. The minimum absolute atomic E-state index is 0.0574. The van der Waals surface area contributed by atoms with Crippen LogP contribution < -0.4 is 0 Å². The Morgan fingerprint density at radius 2 is 2.10 bits per heavy atom. The highest BCUT2D eigenvalue weighted by Crippen LogP contribution is 2.27. The number of hydrogen-bond donors (Lipinski definition) is 0. The summed E-state index contributed by atoms with van der Waals surface area (Å²) >= 11 is 1.72. The summed E-state index contributed by atoms with van der Waals surface area (Å²) in [5.41, 5.74) is 2.40. The number of aryl methyl sites for hydroxylation is 1. The number of methoxy groups -OCH3 is 1. The molecule has 0 aliphatic heterocycles. The maximum atomic E-state index is 5.65. The van der Waals surface area contributed by atoms with Gasteiger partial charge in [-0.2, -0.15) is 0 Å². The molecular formula is C17H18N2OS. The molecule has 0 saturated carbocycles. The fraction of sp³-hybridized carbons (Fsp3) is 0.235. The number of rotatable bonds is 5. The second kappa shape index (κ2) is 6.24. The van der Waals surface area contributed by atoms with Gasteiger partial charge in [0.05, 0.1) is 6.54 Å². The first-order chi connectivity index (χ1) is 10.3. The third kappa shape index (κ3) is 2.91. The zero-order valence-electron chi connectivity index (χ0n) is 12.2. The maximum absolute atomic E-state index is 5.65. The van der Waals surface area contributed by atoms with Crippen molar-refractivity contribution in [3.63, 3.8) is 0 Å². The molecule has 1 atom stereocenters. The van der Waals surface area contributed by atoms with E-state index in [9.17, 15) is 0 Å². The van der Waals surface area contributed by atoms with Crippen molar-refractivity contribution in [2.45, 2.75) is 19.6 Å². The van der Waals surface area contributed by atoms with Crippen LogP contribution in [0.2, 0.25) is 0 Å². The third-order valence-corrected chi connectivity index (χ3v) is 4.57. The number of imidazole rings is 1. The van der Waals surface area contributed by atoms with Crippen molar-refractivity contribution in [3.05, 3.63) is 64.6 Å². The Labute approximate surface area is 128 Å². The minimum atomic E-state index is 0.0574. The monoisotopic (exact) mass is 298 g/mol. The molecule has 0 N–H and O–H groups in total. The standard InChI is InChI=1S/C17H18N2OS/c1-13-6-3-4-7-14(13)17-18-9-10-19(17)12-15(20-2)16-8-5-11-21-16/h3-11,15H,12H2,1-2H3/t15-/m0/s1. The van der Waals surface area contributed by atoms with Gasteiger partial charge < -0.3 is 9.30 Å². The van der Waals surface area contributed by atoms with Gasteiger partial charge in [-0.25, -0.2) is 4.98 Å². The van der Waals surface area contributed by atoms with Crippen LogP contribution in [-0.4, -0.2) is 16.7 Å². The fourth-order valence-electron chi connectivity index (χ4n) is 2.46. The molecule has 3 rings (SSSR count). The Kier molecular flexibility index (Phi) is 4.18. The van der Waals surface area contributed by atoms with Gasteiger partial charge in [-0.05, 0) is 23.9 Å². The first-order valence-corrected chi connectivity index (χ1v) is 7.81. The van der Waals surface area contributed by atoms with Crippen LogP contribution in [0.5, 0.6) is 0 Å². The Morgan fingerprint density at radius 3 is 2.81 bits per heavy atom. The lowest BCUT2D eigenvalue weighted by atomic mass is 10.1. The van der Waals surface area contributed by atoms with Gasteiger partial charge in [0.2, 0.25) is 0 Å². The highest BCUT2D eigenvalue weighted by Gasteiger charge is 2.15. The Balaban J connectivity index is 1.91. The molecule has 2 aromatic heterocycles. The van der Waals surface area contributed by atoms with Crippen molar-refractivity contribution in [3.8, 4) is 11.4 Å². The molecule has 0 amide bonds. The number of thiophene rings is 1. The van der Waals surface area contributed by atoms with Gasteiger partial charge in [0.25, 0.3) is 0 Å². The average Bonchev–Trinajstić information content (AvgIpc) is 3.17. The van der Waals surface area contributed by atoms with Crippen LogP contribution in [0, 0.1) is 6.92 Å². The molecule has 1 aromatic carbocycles. The molecule has 0 radical (unpaired) electrons. The molecule has 3 nitrogen and oxygen atoms in total. The van der Waals surface area contributed by atoms with Gasteiger partial charge >= 0.3 is 0 Å². The van der Waals surface area contributed by atoms with Crippen molar-refractivity contribution in [1.29, 1.82) is 0 Å². The van der Waals surface area contributed by atoms with E-state index in [2.05, 4.69) is 58.3 Å². The van der Waals surface area contributed by atoms with Crippen molar-refractivity contribution >= 4 is 11.3 Å². The molecule has 0 aliphatic rings. The van der Waals surface area contributed by atoms with E-state index in [1.807, 2.05) is 12.4 Å². The summed E-state index contributed by atoms with van der Waals surface area (Å²) in [6, 6.07) is 12.5. The molecule has 4 heteroatoms. The second-order valence-electron chi connectivity index (χ2n) is 4.96. The lowest BCUT2D eigenvalue weighted by molar-refractivity contribution is 0.0911. The van der Waals surface area contributed by atoms with Crippen molar-refractivity contribution in [2.75, 3.05) is 7.11 Å². The zero-order chi connectivity index (χ0) is 14.7. The number of hydrogen-bond acceptors (Lipinski definition) is 3. The van der Waals surface area contributed by atoms with Gasteiger partial charge in [-0.15, -0.1) is 11.3 Å². The molecular weight excluding hydrogens is 280 g/mol. The lowest BCUT2D eigenvalue weighted by Gasteiger charge is -2.17. The highest BCUT2D eigenvalue weighted by molar-refractivity contribution is 7.10. The number of nitrogens with zero attached hydrogens (tertiary/aromatic N) is 2. The summed E-state index contributed by atoms with van der Waals surface area (Å²) in [6.07, 6.45) is 3.92. The zero-order valence-corrected chi connectivity index (χ0v) is 13.0. The quantitative estimate of drug-likeness (QED) is 0.702. The summed E-state index contributed by atoms with van der Waals surface area (Å²) < 4.78 is 7.81. The molecule has 0 aliphatic carbocycles. The molecule has 0 unspecified atom stereocenters. The lowest BCUT2D eigenvalue weighted by Crippen LogP contribution is -2.10. The van der Waals surface area contributed by atoms with Gasteiger partial charge in [0.1, 0.15) is 11.9 Å². The van der Waals surface area contributed by atoms with E-state index < -0.39 is 0 Å². The van der Waals surface area contributed by atoms with E-state index in [4.69, 9.17) is 4.74 Å². The largest absolute Gasteiger partial charge is 0.374 e. The molecule has 0 saturated heterocycles. The van der Waals surface area contributed by atoms with Crippen molar-refractivity contribution in [1.82, 2.24) is 9.55 Å². The Hall–Kier alpha value is -1.91. The van der Waals surface area contributed by atoms with Gasteiger partial charge in [0.15, 0.2) is 0 Å². The molecule has 108 valence electrons. The average molecular weight is 298 g/mol. The smallest absolute Gasteiger partial charge is 0.140 e. The minimum Gasteiger partial charge on any atom is -0.374 e. The van der Waals surface area contributed by atoms with Crippen LogP contribution in [-0.2, 0) is 11.3 Å². The summed E-state index contributed by atoms with van der Waals surface area (Å²) in [4.78, 5) is 5.76. The maximum Gasteiger partial charge on any atom is 0.140 e. The first-order valence-electron chi connectivity index (χ1n) is 6.93. The molecule has 0 spiro atoms. The topological polar surface area (TPSA) is 27.1 Å². The molecule has 21 heavy (non-hydrogen) atoms. The van der Waals surface area contributed by atoms with E-state index in [0.29, 0.717) is 0 Å². The summed E-state index contributed by atoms with van der Waals surface area (Å²) in [5, 5.41) is 2.08. The van der Waals surface area contributed by atoms with Crippen LogP contribution in [0.4, 0.5) is 0 Å². The Bertz CT molecular complexity index is 703.